The number of aliphatic hydroxyl groups excluding tert-OH is 1. The number of thiazole rings is 1. The summed E-state index contributed by atoms with van der Waals surface area (Å²) in [6.07, 6.45) is -0.959. The maximum Gasteiger partial charge on any atom is 0.416 e. The van der Waals surface area contributed by atoms with Gasteiger partial charge in [0.1, 0.15) is 17.9 Å². The van der Waals surface area contributed by atoms with Gasteiger partial charge in [0.2, 0.25) is 0 Å². The van der Waals surface area contributed by atoms with Crippen molar-refractivity contribution in [3.63, 3.8) is 0 Å². The number of hydrogen-bond acceptors (Lipinski definition) is 6. The molecule has 0 spiro atoms. The van der Waals surface area contributed by atoms with Crippen molar-refractivity contribution in [2.75, 3.05) is 20.7 Å². The van der Waals surface area contributed by atoms with Crippen molar-refractivity contribution in [3.05, 3.63) is 52.6 Å². The second-order valence-corrected chi connectivity index (χ2v) is 9.83. The standard InChI is InChI=1S/C25H30F3N4O5S.ClH/c1-5-6-10-32-19-13-31(15-37-24(35)30(3)4)11-9-21(19)38-23(32)29-22(34)18-12-17(25(26,27)28)7-8-20(18)36-14-16(2)33;/h7-9,11-13,16,33H,5-6,10,14-15H2,1-4H3;1H/q+1;/p-1/b29-23-;/t16-;/m0./s1. The Labute approximate surface area is 233 Å². The number of halogens is 4. The fraction of sp³-hybridized carbons (Fsp3) is 0.440. The number of alkyl halides is 3. The lowest BCUT2D eigenvalue weighted by molar-refractivity contribution is -0.726. The third-order valence-corrected chi connectivity index (χ3v) is 6.39. The number of aryl methyl sites for hydroxylation is 1. The molecule has 39 heavy (non-hydrogen) atoms. The van der Waals surface area contributed by atoms with Gasteiger partial charge in [-0.15, -0.1) is 0 Å². The van der Waals surface area contributed by atoms with Crippen molar-refractivity contribution in [2.24, 2.45) is 4.99 Å². The number of pyridine rings is 1. The summed E-state index contributed by atoms with van der Waals surface area (Å²) in [7, 11) is 3.15. The van der Waals surface area contributed by atoms with Crippen LogP contribution in [0.25, 0.3) is 10.2 Å². The van der Waals surface area contributed by atoms with Gasteiger partial charge >= 0.3 is 12.3 Å². The molecule has 2 heterocycles. The van der Waals surface area contributed by atoms with Gasteiger partial charge in [-0.1, -0.05) is 24.7 Å². The normalized spacial score (nSPS) is 12.7. The van der Waals surface area contributed by atoms with Crippen LogP contribution in [0, 0.1) is 0 Å². The minimum atomic E-state index is -4.67. The van der Waals surface area contributed by atoms with Gasteiger partial charge in [-0.3, -0.25) is 4.79 Å². The number of aliphatic hydroxyl groups is 1. The summed E-state index contributed by atoms with van der Waals surface area (Å²) in [6, 6.07) is 4.37. The zero-order valence-electron chi connectivity index (χ0n) is 21.9. The lowest BCUT2D eigenvalue weighted by Crippen LogP contribution is -3.00. The SMILES string of the molecule is CCCCn1/c(=N/C(=O)c2cc(C(F)(F)F)ccc2OC[C@H](C)O)sc2cc[n+](COC(=O)N(C)C)cc21.[Cl-]. The Kier molecular flexibility index (Phi) is 11.3. The Balaban J connectivity index is 0.00000533. The second-order valence-electron chi connectivity index (χ2n) is 8.82. The minimum Gasteiger partial charge on any atom is -1.00 e. The molecule has 0 aliphatic rings. The van der Waals surface area contributed by atoms with Crippen molar-refractivity contribution in [3.8, 4) is 5.75 Å². The Bertz CT molecular complexity index is 1370. The number of ether oxygens (including phenoxy) is 2. The zero-order chi connectivity index (χ0) is 28.0. The van der Waals surface area contributed by atoms with E-state index in [0.29, 0.717) is 17.4 Å². The molecule has 1 aromatic carbocycles. The second kappa shape index (κ2) is 13.8. The van der Waals surface area contributed by atoms with Crippen molar-refractivity contribution in [1.29, 1.82) is 0 Å². The molecule has 9 nitrogen and oxygen atoms in total. The Morgan fingerprint density at radius 1 is 1.26 bits per heavy atom. The molecule has 0 aliphatic carbocycles. The molecule has 3 rings (SSSR count). The lowest BCUT2D eigenvalue weighted by Gasteiger charge is -2.13. The number of fused-ring (bicyclic) bond motifs is 1. The molecular weight excluding hydrogens is 561 g/mol. The van der Waals surface area contributed by atoms with Crippen LogP contribution < -0.4 is 26.5 Å². The van der Waals surface area contributed by atoms with Crippen LogP contribution in [-0.4, -0.2) is 53.4 Å². The molecule has 0 bridgehead atoms. The van der Waals surface area contributed by atoms with Gasteiger partial charge in [0.15, 0.2) is 17.2 Å². The molecule has 0 aliphatic heterocycles. The lowest BCUT2D eigenvalue weighted by atomic mass is 10.1. The fourth-order valence-electron chi connectivity index (χ4n) is 3.37. The van der Waals surface area contributed by atoms with Crippen LogP contribution in [-0.2, 0) is 24.2 Å². The number of amides is 2. The van der Waals surface area contributed by atoms with Gasteiger partial charge < -0.3 is 36.5 Å². The van der Waals surface area contributed by atoms with Gasteiger partial charge in [-0.25, -0.2) is 4.79 Å². The minimum absolute atomic E-state index is 0. The number of carbonyl (C=O) groups is 2. The highest BCUT2D eigenvalue weighted by atomic mass is 35.5. The molecule has 14 heteroatoms. The molecule has 1 atom stereocenters. The number of carbonyl (C=O) groups excluding carboxylic acids is 2. The van der Waals surface area contributed by atoms with E-state index < -0.39 is 29.8 Å². The van der Waals surface area contributed by atoms with Gasteiger partial charge in [0, 0.05) is 26.7 Å². The first-order chi connectivity index (χ1) is 17.9. The first kappa shape index (κ1) is 32.1. The molecule has 0 radical (unpaired) electrons. The first-order valence-electron chi connectivity index (χ1n) is 11.9. The molecule has 2 aromatic heterocycles. The van der Waals surface area contributed by atoms with Crippen molar-refractivity contribution < 1.29 is 54.3 Å². The number of nitrogens with zero attached hydrogens (tertiary/aromatic N) is 4. The highest BCUT2D eigenvalue weighted by Crippen LogP contribution is 2.33. The Hall–Kier alpha value is -3.16. The molecule has 0 unspecified atom stereocenters. The maximum absolute atomic E-state index is 13.4. The summed E-state index contributed by atoms with van der Waals surface area (Å²) in [5, 5.41) is 9.53. The van der Waals surface area contributed by atoms with E-state index in [1.807, 2.05) is 11.5 Å². The number of hydrogen-bond donors (Lipinski definition) is 1. The van der Waals surface area contributed by atoms with Crippen LogP contribution in [0.15, 0.2) is 41.7 Å². The smallest absolute Gasteiger partial charge is 0.416 e. The van der Waals surface area contributed by atoms with E-state index in [1.54, 1.807) is 37.1 Å². The van der Waals surface area contributed by atoms with Gasteiger partial charge in [0.05, 0.1) is 21.9 Å². The van der Waals surface area contributed by atoms with E-state index in [-0.39, 0.29) is 37.1 Å². The summed E-state index contributed by atoms with van der Waals surface area (Å²) in [4.78, 5) is 30.8. The summed E-state index contributed by atoms with van der Waals surface area (Å²) in [5.41, 5.74) is -0.636. The molecule has 3 aromatic rings. The average Bonchev–Trinajstić information content (AvgIpc) is 3.19. The quantitative estimate of drug-likeness (QED) is 0.375. The molecule has 0 fully saturated rings. The van der Waals surface area contributed by atoms with Gasteiger partial charge in [0.25, 0.3) is 12.6 Å². The highest BCUT2D eigenvalue weighted by Gasteiger charge is 2.32. The zero-order valence-corrected chi connectivity index (χ0v) is 23.4. The van der Waals surface area contributed by atoms with E-state index in [2.05, 4.69) is 4.99 Å². The van der Waals surface area contributed by atoms with Crippen LogP contribution in [0.5, 0.6) is 5.75 Å². The maximum atomic E-state index is 13.4. The van der Waals surface area contributed by atoms with E-state index in [0.717, 1.165) is 35.2 Å². The summed E-state index contributed by atoms with van der Waals surface area (Å²) >= 11 is 1.21. The third kappa shape index (κ3) is 8.41. The largest absolute Gasteiger partial charge is 1.00 e. The first-order valence-corrected chi connectivity index (χ1v) is 12.7. The number of rotatable bonds is 9. The predicted molar refractivity (Wildman–Crippen MR) is 134 cm³/mol. The van der Waals surface area contributed by atoms with Crippen molar-refractivity contribution in [2.45, 2.75) is 52.2 Å². The topological polar surface area (TPSA) is 97.2 Å². The van der Waals surface area contributed by atoms with Crippen LogP contribution in [0.3, 0.4) is 0 Å². The van der Waals surface area contributed by atoms with Crippen molar-refractivity contribution in [1.82, 2.24) is 9.47 Å². The number of benzene rings is 1. The molecule has 214 valence electrons. The van der Waals surface area contributed by atoms with E-state index in [9.17, 15) is 27.9 Å². The van der Waals surface area contributed by atoms with E-state index in [4.69, 9.17) is 9.47 Å². The predicted octanol–water partition coefficient (Wildman–Crippen LogP) is 0.970. The molecule has 0 saturated carbocycles. The molecule has 1 N–H and O–H groups in total. The van der Waals surface area contributed by atoms with E-state index in [1.165, 1.54) is 23.2 Å². The van der Waals surface area contributed by atoms with Crippen LogP contribution in [0.4, 0.5) is 18.0 Å². The van der Waals surface area contributed by atoms with Gasteiger partial charge in [-0.2, -0.15) is 22.7 Å². The monoisotopic (exact) mass is 590 g/mol. The van der Waals surface area contributed by atoms with Gasteiger partial charge in [-0.05, 0) is 31.5 Å². The van der Waals surface area contributed by atoms with E-state index >= 15 is 0 Å². The summed E-state index contributed by atoms with van der Waals surface area (Å²) in [5.74, 6) is -1.00. The summed E-state index contributed by atoms with van der Waals surface area (Å²) < 4.78 is 55.0. The summed E-state index contributed by atoms with van der Waals surface area (Å²) in [6.45, 7) is 3.74. The van der Waals surface area contributed by atoms with Crippen LogP contribution in [0.1, 0.15) is 42.6 Å². The molecule has 2 amide bonds. The third-order valence-electron chi connectivity index (χ3n) is 5.33. The van der Waals surface area contributed by atoms with Crippen molar-refractivity contribution >= 4 is 33.6 Å². The number of aromatic nitrogens is 2. The number of unbranched alkanes of at least 4 members (excludes halogenated alkanes) is 1. The molecule has 0 saturated heterocycles. The highest BCUT2D eigenvalue weighted by molar-refractivity contribution is 7.16. The Morgan fingerprint density at radius 3 is 2.59 bits per heavy atom. The Morgan fingerprint density at radius 2 is 1.97 bits per heavy atom. The molecular formula is C25H30ClF3N4O5S. The fourth-order valence-corrected chi connectivity index (χ4v) is 4.39. The average molecular weight is 591 g/mol. The van der Waals surface area contributed by atoms with Crippen LogP contribution >= 0.6 is 11.3 Å². The van der Waals surface area contributed by atoms with Crippen LogP contribution in [0.2, 0.25) is 0 Å².